The van der Waals surface area contributed by atoms with E-state index in [1.54, 1.807) is 0 Å². The number of fused-ring (bicyclic) bond motifs is 1. The van der Waals surface area contributed by atoms with Gasteiger partial charge in [0.25, 0.3) is 0 Å². The molecule has 1 aromatic heterocycles. The van der Waals surface area contributed by atoms with Gasteiger partial charge in [-0.1, -0.05) is 0 Å². The van der Waals surface area contributed by atoms with Gasteiger partial charge in [-0.25, -0.2) is 0 Å². The molecule has 0 bridgehead atoms. The van der Waals surface area contributed by atoms with Crippen LogP contribution in [0.4, 0.5) is 0 Å². The van der Waals surface area contributed by atoms with Gasteiger partial charge < -0.3 is 0 Å². The van der Waals surface area contributed by atoms with Crippen molar-refractivity contribution in [1.29, 1.82) is 0 Å². The summed E-state index contributed by atoms with van der Waals surface area (Å²) >= 11 is 0.299. The Labute approximate surface area is 81.4 Å². The summed E-state index contributed by atoms with van der Waals surface area (Å²) in [6, 6.07) is 3.79. The Balaban J connectivity index is 2.67. The first kappa shape index (κ1) is 8.91. The molecule has 0 saturated heterocycles. The molecule has 3 nitrogen and oxygen atoms in total. The van der Waals surface area contributed by atoms with Crippen LogP contribution in [0, 0.1) is 0 Å². The van der Waals surface area contributed by atoms with E-state index in [9.17, 15) is 0 Å². The fourth-order valence-corrected chi connectivity index (χ4v) is 2.80. The van der Waals surface area contributed by atoms with E-state index >= 15 is 0 Å². The Bertz CT molecular complexity index is 386. The summed E-state index contributed by atoms with van der Waals surface area (Å²) in [6.45, 7) is -0.0506. The first-order valence-corrected chi connectivity index (χ1v) is 5.76. The van der Waals surface area contributed by atoms with Crippen molar-refractivity contribution in [3.8, 4) is 0 Å². The monoisotopic (exact) mass is 243 g/mol. The van der Waals surface area contributed by atoms with E-state index < -0.39 is 0 Å². The van der Waals surface area contributed by atoms with Gasteiger partial charge in [-0.3, -0.25) is 0 Å². The molecule has 0 aliphatic carbocycles. The van der Waals surface area contributed by atoms with E-state index in [1.807, 2.05) is 17.2 Å². The molecule has 0 radical (unpaired) electrons. The summed E-state index contributed by atoms with van der Waals surface area (Å²) in [7, 11) is 0. The van der Waals surface area contributed by atoms with Crippen LogP contribution in [-0.4, -0.2) is 29.7 Å². The number of aliphatic hydroxyl groups excluding tert-OH is 2. The molecule has 0 aliphatic heterocycles. The number of nitrogens with zero attached hydrogens (tertiary/aromatic N) is 1. The second kappa shape index (κ2) is 3.60. The second-order valence-corrected chi connectivity index (χ2v) is 4.62. The molecular weight excluding hydrogens is 233 g/mol. The topological polar surface area (TPSA) is 53.4 Å². The fraction of sp³-hybridized carbons (Fsp3) is 0.222. The number of benzene rings is 1. The summed E-state index contributed by atoms with van der Waals surface area (Å²) in [6.07, 6.45) is 0. The number of hydrogen-bond donors (Lipinski definition) is 2. The van der Waals surface area contributed by atoms with Crippen LogP contribution in [0.2, 0.25) is 0 Å². The molecule has 2 aromatic rings. The maximum atomic E-state index is 9.04. The summed E-state index contributed by atoms with van der Waals surface area (Å²) in [5.74, 6) is 0. The predicted molar refractivity (Wildman–Crippen MR) is 50.5 cm³/mol. The molecule has 0 amide bonds. The number of hydrogen-bond acceptors (Lipinski definition) is 3. The van der Waals surface area contributed by atoms with Crippen LogP contribution in [0.1, 0.15) is 11.1 Å². The van der Waals surface area contributed by atoms with Crippen molar-refractivity contribution in [2.24, 2.45) is 0 Å². The van der Waals surface area contributed by atoms with Crippen LogP contribution in [0.15, 0.2) is 17.2 Å². The normalized spacial score (nSPS) is 10.9. The van der Waals surface area contributed by atoms with Gasteiger partial charge in [-0.15, -0.1) is 0 Å². The average molecular weight is 242 g/mol. The first-order valence-electron chi connectivity index (χ1n) is 3.92. The Hall–Kier alpha value is -0.671. The van der Waals surface area contributed by atoms with Gasteiger partial charge in [0.15, 0.2) is 0 Å². The molecule has 0 aliphatic rings. The molecule has 0 saturated carbocycles. The third-order valence-corrected chi connectivity index (χ3v) is 3.65. The molecule has 0 atom stereocenters. The van der Waals surface area contributed by atoms with E-state index in [-0.39, 0.29) is 13.2 Å². The Morgan fingerprint density at radius 2 is 1.85 bits per heavy atom. The third kappa shape index (κ3) is 1.54. The van der Waals surface area contributed by atoms with Gasteiger partial charge in [-0.05, 0) is 0 Å². The third-order valence-electron chi connectivity index (χ3n) is 1.99. The van der Waals surface area contributed by atoms with Crippen molar-refractivity contribution < 1.29 is 10.2 Å². The molecule has 0 spiro atoms. The van der Waals surface area contributed by atoms with Crippen molar-refractivity contribution in [1.82, 2.24) is 4.98 Å². The van der Waals surface area contributed by atoms with E-state index in [4.69, 9.17) is 10.2 Å². The van der Waals surface area contributed by atoms with Gasteiger partial charge in [0.2, 0.25) is 0 Å². The molecule has 68 valence electrons. The van der Waals surface area contributed by atoms with Crippen LogP contribution < -0.4 is 0 Å². The Morgan fingerprint density at radius 1 is 1.15 bits per heavy atom. The summed E-state index contributed by atoms with van der Waals surface area (Å²) in [4.78, 5) is 4.19. The molecule has 1 aromatic carbocycles. The van der Waals surface area contributed by atoms with Crippen molar-refractivity contribution in [2.75, 3.05) is 0 Å². The van der Waals surface area contributed by atoms with Gasteiger partial charge in [0, 0.05) is 0 Å². The summed E-state index contributed by atoms with van der Waals surface area (Å²) in [5, 5.41) is 20.0. The molecule has 4 heteroatoms. The number of aromatic nitrogens is 1. The van der Waals surface area contributed by atoms with Crippen LogP contribution in [0.25, 0.3) is 9.78 Å². The SMILES string of the molecule is OCc1cc2nc[se]c2cc1CO. The molecule has 0 unspecified atom stereocenters. The minimum atomic E-state index is -0.0360. The fourth-order valence-electron chi connectivity index (χ4n) is 1.28. The molecular formula is C9H9NO2Se. The molecule has 13 heavy (non-hydrogen) atoms. The van der Waals surface area contributed by atoms with E-state index in [0.29, 0.717) is 14.5 Å². The maximum absolute atomic E-state index is 9.04. The molecule has 2 rings (SSSR count). The zero-order chi connectivity index (χ0) is 9.26. The minimum absolute atomic E-state index is 0.0146. The van der Waals surface area contributed by atoms with E-state index in [0.717, 1.165) is 16.6 Å². The second-order valence-electron chi connectivity index (χ2n) is 2.76. The molecule has 1 heterocycles. The number of aliphatic hydroxyl groups is 2. The molecule has 0 fully saturated rings. The van der Waals surface area contributed by atoms with Crippen molar-refractivity contribution >= 4 is 24.3 Å². The average Bonchev–Trinajstić information content (AvgIpc) is 2.62. The van der Waals surface area contributed by atoms with Gasteiger partial charge >= 0.3 is 81.0 Å². The summed E-state index contributed by atoms with van der Waals surface area (Å²) < 4.78 is 1.19. The molecule has 2 N–H and O–H groups in total. The van der Waals surface area contributed by atoms with Crippen LogP contribution in [0.3, 0.4) is 0 Å². The summed E-state index contributed by atoms with van der Waals surface area (Å²) in [5.41, 5.74) is 2.53. The predicted octanol–water partition coefficient (Wildman–Crippen LogP) is 0.276. The van der Waals surface area contributed by atoms with Crippen LogP contribution >= 0.6 is 0 Å². The Kier molecular flexibility index (Phi) is 2.47. The van der Waals surface area contributed by atoms with Gasteiger partial charge in [0.1, 0.15) is 0 Å². The Morgan fingerprint density at radius 3 is 2.54 bits per heavy atom. The zero-order valence-corrected chi connectivity index (χ0v) is 8.61. The number of rotatable bonds is 2. The van der Waals surface area contributed by atoms with E-state index in [1.165, 1.54) is 4.26 Å². The zero-order valence-electron chi connectivity index (χ0n) is 6.90. The van der Waals surface area contributed by atoms with Crippen LogP contribution in [0.5, 0.6) is 0 Å². The van der Waals surface area contributed by atoms with Gasteiger partial charge in [-0.2, -0.15) is 0 Å². The van der Waals surface area contributed by atoms with E-state index in [2.05, 4.69) is 4.98 Å². The van der Waals surface area contributed by atoms with Crippen molar-refractivity contribution in [2.45, 2.75) is 13.2 Å². The van der Waals surface area contributed by atoms with Crippen LogP contribution in [-0.2, 0) is 13.2 Å². The quantitative estimate of drug-likeness (QED) is 0.743. The standard InChI is InChI=1S/C9H9NO2Se/c11-3-6-1-8-9(13-5-10-8)2-7(6)4-12/h1-2,5,11-12H,3-4H2. The van der Waals surface area contributed by atoms with Crippen molar-refractivity contribution in [3.63, 3.8) is 0 Å². The van der Waals surface area contributed by atoms with Crippen molar-refractivity contribution in [3.05, 3.63) is 28.3 Å². The first-order chi connectivity index (χ1) is 6.35. The van der Waals surface area contributed by atoms with Gasteiger partial charge in [0.05, 0.1) is 0 Å².